The number of nitrogens with one attached hydrogen (secondary N) is 2. The number of halogens is 1. The Bertz CT molecular complexity index is 1380. The molecule has 2 unspecified atom stereocenters. The molecule has 2 rings (SSSR count). The second-order valence-corrected chi connectivity index (χ2v) is 13.1. The first-order valence-electron chi connectivity index (χ1n) is 14.0. The van der Waals surface area contributed by atoms with Crippen molar-refractivity contribution in [2.24, 2.45) is 0 Å². The topological polar surface area (TPSA) is 236 Å². The van der Waals surface area contributed by atoms with E-state index in [1.165, 1.54) is 38.1 Å². The minimum absolute atomic E-state index is 0.0176. The third kappa shape index (κ3) is 13.9. The molecule has 0 saturated heterocycles. The van der Waals surface area contributed by atoms with E-state index in [4.69, 9.17) is 20.9 Å². The van der Waals surface area contributed by atoms with E-state index < -0.39 is 54.4 Å². The number of aromatic nitrogens is 2. The van der Waals surface area contributed by atoms with Crippen molar-refractivity contribution in [1.82, 2.24) is 19.8 Å². The van der Waals surface area contributed by atoms with Crippen molar-refractivity contribution in [3.63, 3.8) is 0 Å². The van der Waals surface area contributed by atoms with E-state index in [0.717, 1.165) is 4.90 Å². The van der Waals surface area contributed by atoms with Gasteiger partial charge in [0.2, 0.25) is 11.8 Å². The van der Waals surface area contributed by atoms with Crippen molar-refractivity contribution in [1.29, 1.82) is 0 Å². The highest BCUT2D eigenvalue weighted by Gasteiger charge is 2.28. The maximum absolute atomic E-state index is 12.3. The summed E-state index contributed by atoms with van der Waals surface area (Å²) in [6.07, 6.45) is -1.21. The summed E-state index contributed by atoms with van der Waals surface area (Å²) in [5.74, 6) is -0.270. The van der Waals surface area contributed by atoms with E-state index in [1.807, 2.05) is 0 Å². The summed E-state index contributed by atoms with van der Waals surface area (Å²) in [5, 5.41) is 23.4. The molecule has 0 fully saturated rings. The van der Waals surface area contributed by atoms with Crippen LogP contribution in [0.4, 0.5) is 32.9 Å². The van der Waals surface area contributed by atoms with Crippen LogP contribution in [-0.4, -0.2) is 98.3 Å². The number of nitrogens with zero attached hydrogens (tertiary/aromatic N) is 4. The molecular weight excluding hydrogens is 667 g/mol. The average Bonchev–Trinajstić information content (AvgIpc) is 2.88. The van der Waals surface area contributed by atoms with Gasteiger partial charge in [-0.1, -0.05) is 15.9 Å². The SMILES string of the molecule is CC(C(=O)Nc1cc(B(O)O)cc(N)n1)N(C)C(=O)OC(C)(C)C.CC(C(=O)Nc1cc(Br)cc(N)n1)N(C)C(=O)OC(C)(C)C. The third-order valence-corrected chi connectivity index (χ3v) is 6.22. The molecule has 254 valence electrons. The van der Waals surface area contributed by atoms with Crippen LogP contribution in [0.1, 0.15) is 55.4 Å². The van der Waals surface area contributed by atoms with Crippen LogP contribution in [-0.2, 0) is 19.1 Å². The molecule has 0 aliphatic rings. The van der Waals surface area contributed by atoms with Crippen molar-refractivity contribution in [3.05, 3.63) is 28.7 Å². The lowest BCUT2D eigenvalue weighted by molar-refractivity contribution is -0.121. The molecule has 0 aliphatic heterocycles. The molecule has 0 spiro atoms. The molecule has 46 heavy (non-hydrogen) atoms. The van der Waals surface area contributed by atoms with Gasteiger partial charge in [0.1, 0.15) is 46.6 Å². The summed E-state index contributed by atoms with van der Waals surface area (Å²) in [4.78, 5) is 58.6. The van der Waals surface area contributed by atoms with Gasteiger partial charge in [-0.25, -0.2) is 19.6 Å². The number of pyridine rings is 2. The van der Waals surface area contributed by atoms with Gasteiger partial charge in [0, 0.05) is 18.6 Å². The summed E-state index contributed by atoms with van der Waals surface area (Å²) in [5.41, 5.74) is 9.96. The highest BCUT2D eigenvalue weighted by atomic mass is 79.9. The zero-order valence-electron chi connectivity index (χ0n) is 27.7. The van der Waals surface area contributed by atoms with Crippen LogP contribution in [0.25, 0.3) is 0 Å². The first-order valence-corrected chi connectivity index (χ1v) is 14.8. The fraction of sp³-hybridized carbons (Fsp3) is 0.500. The molecule has 0 aromatic carbocycles. The van der Waals surface area contributed by atoms with Crippen molar-refractivity contribution in [2.45, 2.75) is 78.7 Å². The van der Waals surface area contributed by atoms with Crippen LogP contribution >= 0.6 is 15.9 Å². The Morgan fingerprint density at radius 2 is 1.15 bits per heavy atom. The van der Waals surface area contributed by atoms with E-state index in [2.05, 4.69) is 36.5 Å². The predicted molar refractivity (Wildman–Crippen MR) is 179 cm³/mol. The first-order chi connectivity index (χ1) is 20.9. The highest BCUT2D eigenvalue weighted by molar-refractivity contribution is 9.10. The van der Waals surface area contributed by atoms with Crippen molar-refractivity contribution in [2.75, 3.05) is 36.2 Å². The molecule has 18 heteroatoms. The number of amides is 4. The van der Waals surface area contributed by atoms with Crippen LogP contribution in [0, 0.1) is 0 Å². The predicted octanol–water partition coefficient (Wildman–Crippen LogP) is 2.16. The first kappa shape index (κ1) is 39.9. The van der Waals surface area contributed by atoms with Crippen LogP contribution in [0.2, 0.25) is 0 Å². The van der Waals surface area contributed by atoms with E-state index in [-0.39, 0.29) is 22.9 Å². The van der Waals surface area contributed by atoms with Gasteiger partial charge in [0.05, 0.1) is 0 Å². The Labute approximate surface area is 277 Å². The van der Waals surface area contributed by atoms with Crippen LogP contribution in [0.15, 0.2) is 28.7 Å². The Balaban J connectivity index is 0.000000462. The van der Waals surface area contributed by atoms with Crippen LogP contribution in [0.3, 0.4) is 0 Å². The van der Waals surface area contributed by atoms with Gasteiger partial charge in [-0.05, 0) is 85.1 Å². The van der Waals surface area contributed by atoms with E-state index >= 15 is 0 Å². The van der Waals surface area contributed by atoms with Gasteiger partial charge in [0.15, 0.2) is 0 Å². The van der Waals surface area contributed by atoms with Crippen molar-refractivity contribution in [3.8, 4) is 0 Å². The van der Waals surface area contributed by atoms with Crippen LogP contribution in [0.5, 0.6) is 0 Å². The summed E-state index contributed by atoms with van der Waals surface area (Å²) >= 11 is 3.27. The number of carbonyl (C=O) groups is 4. The maximum Gasteiger partial charge on any atom is 0.488 e. The molecule has 16 nitrogen and oxygen atoms in total. The van der Waals surface area contributed by atoms with Gasteiger partial charge in [0.25, 0.3) is 0 Å². The van der Waals surface area contributed by atoms with E-state index in [1.54, 1.807) is 60.6 Å². The lowest BCUT2D eigenvalue weighted by Gasteiger charge is -2.28. The fourth-order valence-corrected chi connectivity index (χ4v) is 3.62. The second-order valence-electron chi connectivity index (χ2n) is 12.2. The molecular formula is C28H44BBrN8O8. The number of hydrogen-bond acceptors (Lipinski definition) is 12. The normalized spacial score (nSPS) is 12.4. The molecule has 0 aliphatic carbocycles. The highest BCUT2D eigenvalue weighted by Crippen LogP contribution is 2.18. The Morgan fingerprint density at radius 3 is 1.50 bits per heavy atom. The number of likely N-dealkylation sites (N-methyl/N-ethyl adjacent to an activating group) is 2. The third-order valence-electron chi connectivity index (χ3n) is 5.76. The number of ether oxygens (including phenoxy) is 2. The Hall–Kier alpha value is -4.16. The smallest absolute Gasteiger partial charge is 0.444 e. The zero-order chi connectivity index (χ0) is 35.7. The minimum Gasteiger partial charge on any atom is -0.444 e. The Morgan fingerprint density at radius 1 is 0.783 bits per heavy atom. The lowest BCUT2D eigenvalue weighted by atomic mass is 9.81. The quantitative estimate of drug-likeness (QED) is 0.227. The van der Waals surface area contributed by atoms with Gasteiger partial charge in [-0.15, -0.1) is 0 Å². The molecule has 0 saturated carbocycles. The summed E-state index contributed by atoms with van der Waals surface area (Å²) in [6.45, 7) is 13.6. The number of nitrogen functional groups attached to an aromatic ring is 2. The van der Waals surface area contributed by atoms with Crippen molar-refractivity contribution < 1.29 is 38.7 Å². The van der Waals surface area contributed by atoms with Gasteiger partial charge >= 0.3 is 19.3 Å². The maximum atomic E-state index is 12.3. The number of nitrogens with two attached hydrogens (primary N) is 2. The minimum atomic E-state index is -1.74. The van der Waals surface area contributed by atoms with Gasteiger partial charge in [-0.3, -0.25) is 19.4 Å². The molecule has 2 aromatic rings. The van der Waals surface area contributed by atoms with E-state index in [9.17, 15) is 29.2 Å². The monoisotopic (exact) mass is 710 g/mol. The molecule has 2 atom stereocenters. The van der Waals surface area contributed by atoms with Gasteiger partial charge in [-0.2, -0.15) is 0 Å². The average molecular weight is 711 g/mol. The molecule has 4 amide bonds. The second kappa shape index (κ2) is 16.4. The fourth-order valence-electron chi connectivity index (χ4n) is 3.17. The van der Waals surface area contributed by atoms with Gasteiger partial charge < -0.3 is 41.6 Å². The number of hydrogen-bond donors (Lipinski definition) is 6. The number of anilines is 4. The molecule has 8 N–H and O–H groups in total. The molecule has 0 radical (unpaired) electrons. The zero-order valence-corrected chi connectivity index (χ0v) is 29.3. The standard InChI is InChI=1S/C14H23BN4O5.C14H21BrN4O3/c1-8(19(5)13(21)24-14(2,3)4)12(20)18-11-7-9(15(22)23)6-10(16)17-11;1-8(19(5)13(21)22-14(2,3)4)12(20)18-11-7-9(15)6-10(16)17-11/h6-8,22-23H,1-5H3,(H3,16,17,18,20);6-8H,1-5H3,(H3,16,17,18,20). The lowest BCUT2D eigenvalue weighted by Crippen LogP contribution is -2.45. The number of rotatable bonds is 7. The number of carbonyl (C=O) groups excluding carboxylic acids is 4. The largest absolute Gasteiger partial charge is 0.488 e. The van der Waals surface area contributed by atoms with Crippen molar-refractivity contribution >= 4 is 75.8 Å². The summed E-state index contributed by atoms with van der Waals surface area (Å²) in [6, 6.07) is 4.22. The molecule has 2 heterocycles. The Kier molecular flexibility index (Phi) is 14.2. The van der Waals surface area contributed by atoms with Crippen LogP contribution < -0.4 is 27.6 Å². The molecule has 2 aromatic heterocycles. The summed E-state index contributed by atoms with van der Waals surface area (Å²) in [7, 11) is 1.20. The molecule has 0 bridgehead atoms. The summed E-state index contributed by atoms with van der Waals surface area (Å²) < 4.78 is 11.1. The van der Waals surface area contributed by atoms with E-state index in [0.29, 0.717) is 10.3 Å².